The zero-order chi connectivity index (χ0) is 13.7. The average Bonchev–Trinajstić information content (AvgIpc) is 2.31. The summed E-state index contributed by atoms with van der Waals surface area (Å²) in [6, 6.07) is 3.50. The molecule has 0 radical (unpaired) electrons. The van der Waals surface area contributed by atoms with E-state index in [1.54, 1.807) is 13.0 Å². The molecule has 18 heavy (non-hydrogen) atoms. The van der Waals surface area contributed by atoms with Gasteiger partial charge in [0.15, 0.2) is 0 Å². The maximum absolute atomic E-state index is 10.9. The fourth-order valence-electron chi connectivity index (χ4n) is 1.99. The van der Waals surface area contributed by atoms with Crippen molar-refractivity contribution in [1.29, 1.82) is 0 Å². The highest BCUT2D eigenvalue weighted by Gasteiger charge is 2.17. The number of nitro groups is 1. The van der Waals surface area contributed by atoms with Crippen molar-refractivity contribution in [3.8, 4) is 0 Å². The quantitative estimate of drug-likeness (QED) is 0.581. The number of rotatable bonds is 6. The lowest BCUT2D eigenvalue weighted by Crippen LogP contribution is -2.25. The van der Waals surface area contributed by atoms with E-state index >= 15 is 0 Å². The van der Waals surface area contributed by atoms with Crippen molar-refractivity contribution in [3.05, 3.63) is 32.3 Å². The van der Waals surface area contributed by atoms with Crippen LogP contribution < -0.4 is 4.90 Å². The molecule has 0 fully saturated rings. The standard InChI is InChI=1S/C13H19BrN2O2/c1-4-6-15(7-5-2)13-8-10(3)12(16(17)18)9-11(13)14/h8-9H,4-7H2,1-3H3. The van der Waals surface area contributed by atoms with Crippen LogP contribution in [0.3, 0.4) is 0 Å². The summed E-state index contributed by atoms with van der Waals surface area (Å²) in [5.74, 6) is 0. The van der Waals surface area contributed by atoms with Gasteiger partial charge in [-0.3, -0.25) is 10.1 Å². The third-order valence-electron chi connectivity index (χ3n) is 2.79. The van der Waals surface area contributed by atoms with E-state index in [0.717, 1.165) is 36.1 Å². The van der Waals surface area contributed by atoms with Gasteiger partial charge in [0.1, 0.15) is 0 Å². The third kappa shape index (κ3) is 3.45. The molecule has 0 aliphatic carbocycles. The molecular formula is C13H19BrN2O2. The summed E-state index contributed by atoms with van der Waals surface area (Å²) in [5.41, 5.74) is 1.91. The largest absolute Gasteiger partial charge is 0.371 e. The summed E-state index contributed by atoms with van der Waals surface area (Å²) >= 11 is 3.44. The molecule has 4 nitrogen and oxygen atoms in total. The van der Waals surface area contributed by atoms with E-state index in [0.29, 0.717) is 5.56 Å². The van der Waals surface area contributed by atoms with Gasteiger partial charge in [0.05, 0.1) is 10.6 Å². The summed E-state index contributed by atoms with van der Waals surface area (Å²) in [6.07, 6.45) is 2.12. The Balaban J connectivity index is 3.15. The number of nitro benzene ring substituents is 1. The van der Waals surface area contributed by atoms with Gasteiger partial charge in [-0.25, -0.2) is 0 Å². The summed E-state index contributed by atoms with van der Waals surface area (Å²) in [5, 5.41) is 10.9. The molecule has 0 aliphatic heterocycles. The Bertz CT molecular complexity index is 429. The Labute approximate surface area is 116 Å². The molecule has 0 saturated heterocycles. The first-order valence-corrected chi connectivity index (χ1v) is 7.00. The normalized spacial score (nSPS) is 10.4. The van der Waals surface area contributed by atoms with Gasteiger partial charge in [-0.2, -0.15) is 0 Å². The maximum atomic E-state index is 10.9. The summed E-state index contributed by atoms with van der Waals surface area (Å²) in [6.45, 7) is 7.97. The third-order valence-corrected chi connectivity index (χ3v) is 3.42. The number of nitrogens with zero attached hydrogens (tertiary/aromatic N) is 2. The molecule has 0 spiro atoms. The van der Waals surface area contributed by atoms with Gasteiger partial charge in [0, 0.05) is 29.2 Å². The number of halogens is 1. The summed E-state index contributed by atoms with van der Waals surface area (Å²) in [4.78, 5) is 12.8. The van der Waals surface area contributed by atoms with Gasteiger partial charge in [-0.05, 0) is 41.8 Å². The molecule has 0 unspecified atom stereocenters. The van der Waals surface area contributed by atoms with Crippen LogP contribution in [0.4, 0.5) is 11.4 Å². The minimum Gasteiger partial charge on any atom is -0.371 e. The van der Waals surface area contributed by atoms with Crippen molar-refractivity contribution in [1.82, 2.24) is 0 Å². The van der Waals surface area contributed by atoms with Gasteiger partial charge in [0.2, 0.25) is 0 Å². The monoisotopic (exact) mass is 314 g/mol. The van der Waals surface area contributed by atoms with Crippen molar-refractivity contribution in [3.63, 3.8) is 0 Å². The van der Waals surface area contributed by atoms with Crippen LogP contribution in [0, 0.1) is 17.0 Å². The van der Waals surface area contributed by atoms with Crippen LogP contribution in [0.5, 0.6) is 0 Å². The highest BCUT2D eigenvalue weighted by molar-refractivity contribution is 9.10. The summed E-state index contributed by atoms with van der Waals surface area (Å²) < 4.78 is 0.793. The molecule has 1 rings (SSSR count). The highest BCUT2D eigenvalue weighted by Crippen LogP contribution is 2.33. The van der Waals surface area contributed by atoms with Crippen LogP contribution in [-0.2, 0) is 0 Å². The van der Waals surface area contributed by atoms with Crippen molar-refractivity contribution in [2.75, 3.05) is 18.0 Å². The highest BCUT2D eigenvalue weighted by atomic mass is 79.9. The molecule has 0 saturated carbocycles. The molecule has 0 atom stereocenters. The topological polar surface area (TPSA) is 46.4 Å². The molecule has 0 aliphatic rings. The molecule has 0 bridgehead atoms. The number of hydrogen-bond donors (Lipinski definition) is 0. The smallest absolute Gasteiger partial charge is 0.273 e. The van der Waals surface area contributed by atoms with Crippen LogP contribution in [0.1, 0.15) is 32.3 Å². The predicted molar refractivity (Wildman–Crippen MR) is 78.3 cm³/mol. The molecule has 100 valence electrons. The summed E-state index contributed by atoms with van der Waals surface area (Å²) in [7, 11) is 0. The molecule has 0 N–H and O–H groups in total. The van der Waals surface area contributed by atoms with Crippen LogP contribution in [-0.4, -0.2) is 18.0 Å². The van der Waals surface area contributed by atoms with E-state index in [1.165, 1.54) is 0 Å². The Morgan fingerprint density at radius 3 is 2.28 bits per heavy atom. The molecule has 0 heterocycles. The average molecular weight is 315 g/mol. The van der Waals surface area contributed by atoms with Crippen molar-refractivity contribution in [2.45, 2.75) is 33.6 Å². The van der Waals surface area contributed by atoms with E-state index in [-0.39, 0.29) is 10.6 Å². The van der Waals surface area contributed by atoms with Crippen molar-refractivity contribution >= 4 is 27.3 Å². The first-order chi connectivity index (χ1) is 8.51. The lowest BCUT2D eigenvalue weighted by Gasteiger charge is -2.25. The van der Waals surface area contributed by atoms with Crippen LogP contribution in [0.2, 0.25) is 0 Å². The van der Waals surface area contributed by atoms with Gasteiger partial charge >= 0.3 is 0 Å². The van der Waals surface area contributed by atoms with E-state index in [9.17, 15) is 10.1 Å². The van der Waals surface area contributed by atoms with E-state index in [2.05, 4.69) is 34.7 Å². The van der Waals surface area contributed by atoms with Crippen molar-refractivity contribution in [2.24, 2.45) is 0 Å². The molecule has 1 aromatic rings. The number of benzene rings is 1. The Hall–Kier alpha value is -1.10. The SMILES string of the molecule is CCCN(CCC)c1cc(C)c([N+](=O)[O-])cc1Br. The fourth-order valence-corrected chi connectivity index (χ4v) is 2.57. The van der Waals surface area contributed by atoms with Crippen molar-refractivity contribution < 1.29 is 4.92 Å². The second kappa shape index (κ2) is 6.73. The van der Waals surface area contributed by atoms with Gasteiger partial charge in [-0.15, -0.1) is 0 Å². The molecule has 0 aromatic heterocycles. The molecular weight excluding hydrogens is 296 g/mol. The number of anilines is 1. The van der Waals surface area contributed by atoms with E-state index in [1.807, 2.05) is 6.07 Å². The van der Waals surface area contributed by atoms with E-state index < -0.39 is 0 Å². The maximum Gasteiger partial charge on any atom is 0.273 e. The van der Waals surface area contributed by atoms with Gasteiger partial charge in [-0.1, -0.05) is 13.8 Å². The van der Waals surface area contributed by atoms with Crippen LogP contribution in [0.25, 0.3) is 0 Å². The predicted octanol–water partition coefficient (Wildman–Crippen LogP) is 4.29. The van der Waals surface area contributed by atoms with Gasteiger partial charge < -0.3 is 4.90 Å². The van der Waals surface area contributed by atoms with Crippen LogP contribution >= 0.6 is 15.9 Å². The lowest BCUT2D eigenvalue weighted by molar-refractivity contribution is -0.385. The minimum atomic E-state index is -0.339. The Kier molecular flexibility index (Phi) is 5.59. The molecule has 1 aromatic carbocycles. The number of aryl methyl sites for hydroxylation is 1. The second-order valence-corrected chi connectivity index (χ2v) is 5.19. The Morgan fingerprint density at radius 1 is 1.28 bits per heavy atom. The molecule has 0 amide bonds. The first-order valence-electron chi connectivity index (χ1n) is 6.20. The fraction of sp³-hybridized carbons (Fsp3) is 0.538. The lowest BCUT2D eigenvalue weighted by atomic mass is 10.1. The molecule has 5 heteroatoms. The number of hydrogen-bond acceptors (Lipinski definition) is 3. The second-order valence-electron chi connectivity index (χ2n) is 4.33. The Morgan fingerprint density at radius 2 is 1.83 bits per heavy atom. The minimum absolute atomic E-state index is 0.165. The zero-order valence-electron chi connectivity index (χ0n) is 11.1. The van der Waals surface area contributed by atoms with Crippen LogP contribution in [0.15, 0.2) is 16.6 Å². The van der Waals surface area contributed by atoms with Gasteiger partial charge in [0.25, 0.3) is 5.69 Å². The zero-order valence-corrected chi connectivity index (χ0v) is 12.7. The first kappa shape index (κ1) is 15.0. The van der Waals surface area contributed by atoms with E-state index in [4.69, 9.17) is 0 Å².